The fourth-order valence-electron chi connectivity index (χ4n) is 3.45. The van der Waals surface area contributed by atoms with E-state index in [9.17, 15) is 27.1 Å². The fourth-order valence-corrected chi connectivity index (χ4v) is 3.45. The predicted molar refractivity (Wildman–Crippen MR) is 109 cm³/mol. The van der Waals surface area contributed by atoms with Gasteiger partial charge in [-0.15, -0.1) is 5.10 Å². The number of rotatable bonds is 8. The maximum atomic E-state index is 14.7. The molecule has 9 nitrogen and oxygen atoms in total. The van der Waals surface area contributed by atoms with Crippen molar-refractivity contribution < 1.29 is 31.8 Å². The predicted octanol–water partition coefficient (Wildman–Crippen LogP) is 3.16. The van der Waals surface area contributed by atoms with Crippen LogP contribution in [-0.2, 0) is 12.1 Å². The maximum absolute atomic E-state index is 14.7. The van der Waals surface area contributed by atoms with E-state index >= 15 is 0 Å². The van der Waals surface area contributed by atoms with E-state index in [1.54, 1.807) is 6.92 Å². The highest BCUT2D eigenvalue weighted by atomic mass is 19.4. The molecular weight excluding hydrogens is 477 g/mol. The zero-order valence-corrected chi connectivity index (χ0v) is 18.1. The number of alkyl halides is 3. The van der Waals surface area contributed by atoms with Gasteiger partial charge in [0.05, 0.1) is 30.3 Å². The number of pyridine rings is 1. The zero-order valence-electron chi connectivity index (χ0n) is 18.1. The van der Waals surface area contributed by atoms with E-state index in [0.717, 1.165) is 12.1 Å². The summed E-state index contributed by atoms with van der Waals surface area (Å²) < 4.78 is 72.3. The number of hydrogen-bond donors (Lipinski definition) is 1. The van der Waals surface area contributed by atoms with Crippen LogP contribution in [0.1, 0.15) is 24.1 Å². The Morgan fingerprint density at radius 1 is 1.14 bits per heavy atom. The number of ether oxygens (including phenoxy) is 1. The van der Waals surface area contributed by atoms with Crippen molar-refractivity contribution in [2.24, 2.45) is 0 Å². The second kappa shape index (κ2) is 9.37. The molecule has 3 aromatic heterocycles. The molecule has 35 heavy (non-hydrogen) atoms. The van der Waals surface area contributed by atoms with E-state index in [1.165, 1.54) is 46.5 Å². The van der Waals surface area contributed by atoms with Gasteiger partial charge >= 0.3 is 6.18 Å². The molecule has 0 bridgehead atoms. The molecule has 0 fully saturated rings. The molecule has 184 valence electrons. The fraction of sp³-hybridized carbons (Fsp3) is 0.286. The Kier molecular flexibility index (Phi) is 6.47. The Morgan fingerprint density at radius 2 is 1.94 bits per heavy atom. The summed E-state index contributed by atoms with van der Waals surface area (Å²) in [5, 5.41) is 23.6. The average Bonchev–Trinajstić information content (AvgIpc) is 3.49. The van der Waals surface area contributed by atoms with Gasteiger partial charge in [0.2, 0.25) is 5.88 Å². The van der Waals surface area contributed by atoms with E-state index in [0.29, 0.717) is 11.8 Å². The Labute approximate surface area is 194 Å². The first-order valence-corrected chi connectivity index (χ1v) is 10.1. The van der Waals surface area contributed by atoms with Crippen LogP contribution in [-0.4, -0.2) is 52.6 Å². The van der Waals surface area contributed by atoms with Gasteiger partial charge in [-0.1, -0.05) is 18.2 Å². The highest BCUT2D eigenvalue weighted by molar-refractivity contribution is 5.33. The highest BCUT2D eigenvalue weighted by Gasteiger charge is 2.41. The van der Waals surface area contributed by atoms with E-state index in [-0.39, 0.29) is 23.7 Å². The van der Waals surface area contributed by atoms with Crippen molar-refractivity contribution in [3.63, 3.8) is 0 Å². The normalized spacial score (nSPS) is 14.5. The summed E-state index contributed by atoms with van der Waals surface area (Å²) in [6.07, 6.45) is 0.771. The first kappa shape index (κ1) is 24.2. The monoisotopic (exact) mass is 495 g/mol. The lowest BCUT2D eigenvalue weighted by atomic mass is 9.80. The van der Waals surface area contributed by atoms with Crippen molar-refractivity contribution in [1.82, 2.24) is 34.7 Å². The van der Waals surface area contributed by atoms with E-state index in [1.807, 2.05) is 0 Å². The van der Waals surface area contributed by atoms with Crippen LogP contribution >= 0.6 is 0 Å². The largest absolute Gasteiger partial charge is 0.468 e. The summed E-state index contributed by atoms with van der Waals surface area (Å²) in [6.45, 7) is -0.120. The number of benzene rings is 1. The number of aliphatic hydroxyl groups is 1. The molecule has 1 N–H and O–H groups in total. The minimum atomic E-state index is -4.50. The Morgan fingerprint density at radius 3 is 2.57 bits per heavy atom. The number of nitrogens with zero attached hydrogens (tertiary/aromatic N) is 7. The van der Waals surface area contributed by atoms with Crippen molar-refractivity contribution >= 4 is 0 Å². The van der Waals surface area contributed by atoms with Gasteiger partial charge in [-0.25, -0.2) is 28.1 Å². The second-order valence-corrected chi connectivity index (χ2v) is 7.71. The lowest BCUT2D eigenvalue weighted by Gasteiger charge is -2.33. The Balaban J connectivity index is 1.61. The van der Waals surface area contributed by atoms with Gasteiger partial charge in [-0.2, -0.15) is 18.3 Å². The first-order chi connectivity index (χ1) is 16.5. The molecule has 1 aromatic carbocycles. The van der Waals surface area contributed by atoms with Crippen molar-refractivity contribution in [1.29, 1.82) is 0 Å². The second-order valence-electron chi connectivity index (χ2n) is 7.71. The van der Waals surface area contributed by atoms with Crippen molar-refractivity contribution in [3.05, 3.63) is 78.3 Å². The van der Waals surface area contributed by atoms with Crippen LogP contribution < -0.4 is 4.74 Å². The van der Waals surface area contributed by atoms with Gasteiger partial charge in [0.25, 0.3) is 0 Å². The molecule has 0 unspecified atom stereocenters. The van der Waals surface area contributed by atoms with Crippen LogP contribution in [0.5, 0.6) is 5.88 Å². The molecule has 4 rings (SSSR count). The third kappa shape index (κ3) is 5.42. The lowest BCUT2D eigenvalue weighted by Crippen LogP contribution is -2.38. The van der Waals surface area contributed by atoms with Gasteiger partial charge in [0.1, 0.15) is 29.9 Å². The average molecular weight is 495 g/mol. The first-order valence-electron chi connectivity index (χ1n) is 10.1. The molecule has 3 heterocycles. The molecule has 0 aliphatic carbocycles. The summed E-state index contributed by atoms with van der Waals surface area (Å²) >= 11 is 0. The molecule has 0 saturated heterocycles. The molecule has 2 atom stereocenters. The number of aromatic nitrogens is 7. The minimum Gasteiger partial charge on any atom is -0.468 e. The quantitative estimate of drug-likeness (QED) is 0.375. The summed E-state index contributed by atoms with van der Waals surface area (Å²) in [4.78, 5) is 7.64. The third-order valence-electron chi connectivity index (χ3n) is 5.31. The highest BCUT2D eigenvalue weighted by Crippen LogP contribution is 2.39. The smallest absolute Gasteiger partial charge is 0.422 e. The van der Waals surface area contributed by atoms with Crippen LogP contribution in [0.2, 0.25) is 0 Å². The van der Waals surface area contributed by atoms with Crippen LogP contribution in [0.4, 0.5) is 22.0 Å². The SMILES string of the molecule is C[C@@H](c1cn(-c2ccc(OCC(F)(F)F)nc2)nn1)[C@](O)(Cn1cncn1)c1ccc(F)cc1F. The summed E-state index contributed by atoms with van der Waals surface area (Å²) in [7, 11) is 0. The summed E-state index contributed by atoms with van der Waals surface area (Å²) in [5.41, 5.74) is -1.51. The van der Waals surface area contributed by atoms with Crippen LogP contribution in [0.15, 0.2) is 55.4 Å². The molecular formula is C21H18F5N7O2. The minimum absolute atomic E-state index is 0.177. The van der Waals surface area contributed by atoms with E-state index in [2.05, 4.69) is 30.1 Å². The van der Waals surface area contributed by atoms with Crippen LogP contribution in [0.3, 0.4) is 0 Å². The van der Waals surface area contributed by atoms with Gasteiger partial charge < -0.3 is 9.84 Å². The molecule has 4 aromatic rings. The molecule has 0 saturated carbocycles. The standard InChI is InChI=1S/C21H18F5N7O2/c1-13(20(34,9-32-12-27-11-29-32)16-4-2-14(22)6-17(16)23)18-8-33(31-30-18)15-3-5-19(28-7-15)35-10-21(24,25)26/h2-8,11-13,34H,9-10H2,1H3/t13-,20+/m0/s1. The zero-order chi connectivity index (χ0) is 25.2. The maximum Gasteiger partial charge on any atom is 0.422 e. The summed E-state index contributed by atoms with van der Waals surface area (Å²) in [5.74, 6) is -2.86. The third-order valence-corrected chi connectivity index (χ3v) is 5.31. The van der Waals surface area contributed by atoms with E-state index < -0.39 is 35.9 Å². The van der Waals surface area contributed by atoms with Crippen molar-refractivity contribution in [2.75, 3.05) is 6.61 Å². The topological polar surface area (TPSA) is 104 Å². The van der Waals surface area contributed by atoms with Gasteiger partial charge in [0, 0.05) is 23.6 Å². The van der Waals surface area contributed by atoms with Crippen LogP contribution in [0.25, 0.3) is 5.69 Å². The molecule has 0 aliphatic rings. The van der Waals surface area contributed by atoms with E-state index in [4.69, 9.17) is 0 Å². The van der Waals surface area contributed by atoms with Crippen molar-refractivity contribution in [3.8, 4) is 11.6 Å². The van der Waals surface area contributed by atoms with Gasteiger partial charge in [-0.05, 0) is 12.1 Å². The molecule has 0 radical (unpaired) electrons. The van der Waals surface area contributed by atoms with Crippen LogP contribution in [0, 0.1) is 11.6 Å². The number of hydrogen-bond acceptors (Lipinski definition) is 7. The molecule has 0 aliphatic heterocycles. The van der Waals surface area contributed by atoms with Gasteiger partial charge in [0.15, 0.2) is 6.61 Å². The lowest BCUT2D eigenvalue weighted by molar-refractivity contribution is -0.154. The summed E-state index contributed by atoms with van der Waals surface area (Å²) in [6, 6.07) is 5.50. The molecule has 0 amide bonds. The van der Waals surface area contributed by atoms with Crippen molar-refractivity contribution in [2.45, 2.75) is 31.2 Å². The van der Waals surface area contributed by atoms with Gasteiger partial charge in [-0.3, -0.25) is 0 Å². The Bertz CT molecular complexity index is 1280. The molecule has 14 heteroatoms. The Hall–Kier alpha value is -3.94. The molecule has 0 spiro atoms. The number of halogens is 5.